The van der Waals surface area contributed by atoms with Crippen LogP contribution in [0.5, 0.6) is 0 Å². The fourth-order valence-electron chi connectivity index (χ4n) is 2.38. The van der Waals surface area contributed by atoms with Gasteiger partial charge in [-0.25, -0.2) is 0 Å². The van der Waals surface area contributed by atoms with E-state index in [2.05, 4.69) is 101 Å². The Balaban J connectivity index is 0. The zero-order valence-electron chi connectivity index (χ0n) is 19.4. The van der Waals surface area contributed by atoms with E-state index in [9.17, 15) is 0 Å². The van der Waals surface area contributed by atoms with Gasteiger partial charge < -0.3 is 0 Å². The predicted molar refractivity (Wildman–Crippen MR) is 133 cm³/mol. The largest absolute Gasteiger partial charge is 0.0888 e. The Hall–Kier alpha value is -1.56. The van der Waals surface area contributed by atoms with Crippen molar-refractivity contribution in [1.82, 2.24) is 0 Å². The van der Waals surface area contributed by atoms with E-state index in [1.54, 1.807) is 0 Å². The van der Waals surface area contributed by atoms with Crippen molar-refractivity contribution < 1.29 is 0 Å². The molecule has 0 aromatic heterocycles. The van der Waals surface area contributed by atoms with Crippen molar-refractivity contribution in [1.29, 1.82) is 0 Å². The summed E-state index contributed by atoms with van der Waals surface area (Å²) < 4.78 is 0. The Kier molecular flexibility index (Phi) is 30.9. The molecule has 0 saturated heterocycles. The lowest BCUT2D eigenvalue weighted by Gasteiger charge is -1.92. The average molecular weight is 385 g/mol. The van der Waals surface area contributed by atoms with E-state index in [1.807, 2.05) is 0 Å². The van der Waals surface area contributed by atoms with Gasteiger partial charge in [0.15, 0.2) is 0 Å². The van der Waals surface area contributed by atoms with Crippen LogP contribution in [0.1, 0.15) is 105 Å². The third kappa shape index (κ3) is 32.1. The topological polar surface area (TPSA) is 0 Å². The van der Waals surface area contributed by atoms with Crippen LogP contribution in [0.4, 0.5) is 0 Å². The highest BCUT2D eigenvalue weighted by molar-refractivity contribution is 4.93. The Morgan fingerprint density at radius 2 is 0.607 bits per heavy atom. The molecule has 1 rings (SSSR count). The molecule has 0 spiro atoms. The van der Waals surface area contributed by atoms with E-state index in [4.69, 9.17) is 0 Å². The molecule has 0 bridgehead atoms. The first-order valence-electron chi connectivity index (χ1n) is 11.7. The highest BCUT2D eigenvalue weighted by atomic mass is 13.9. The third-order valence-corrected chi connectivity index (χ3v) is 3.94. The second-order valence-electron chi connectivity index (χ2n) is 6.77. The molecule has 0 saturated carbocycles. The van der Waals surface area contributed by atoms with E-state index >= 15 is 0 Å². The van der Waals surface area contributed by atoms with E-state index in [0.29, 0.717) is 0 Å². The molecule has 0 heteroatoms. The molecule has 0 aromatic rings. The summed E-state index contributed by atoms with van der Waals surface area (Å²) in [5.74, 6) is 0. The van der Waals surface area contributed by atoms with Gasteiger partial charge in [-0.1, -0.05) is 101 Å². The number of rotatable bonds is 10. The number of unbranched alkanes of at least 4 members (excludes halogenated alkanes) is 2. The van der Waals surface area contributed by atoms with E-state index in [1.165, 1.54) is 64.2 Å². The maximum atomic E-state index is 2.29. The fourth-order valence-corrected chi connectivity index (χ4v) is 2.38. The Bertz CT molecular complexity index is 377. The van der Waals surface area contributed by atoms with Crippen LogP contribution in [0.25, 0.3) is 0 Å². The van der Waals surface area contributed by atoms with E-state index < -0.39 is 0 Å². The van der Waals surface area contributed by atoms with Crippen molar-refractivity contribution in [3.05, 3.63) is 72.9 Å². The molecule has 1 aliphatic rings. The van der Waals surface area contributed by atoms with Gasteiger partial charge in [0.25, 0.3) is 0 Å². The van der Waals surface area contributed by atoms with Gasteiger partial charge in [0.1, 0.15) is 0 Å². The van der Waals surface area contributed by atoms with Crippen molar-refractivity contribution in [3.8, 4) is 0 Å². The van der Waals surface area contributed by atoms with Crippen molar-refractivity contribution in [2.75, 3.05) is 0 Å². The molecule has 28 heavy (non-hydrogen) atoms. The summed E-state index contributed by atoms with van der Waals surface area (Å²) >= 11 is 0. The predicted octanol–water partition coefficient (Wildman–Crippen LogP) is 10.1. The molecular weight excluding hydrogens is 336 g/mol. The lowest BCUT2D eigenvalue weighted by atomic mass is 10.1. The standard InChI is InChI=1S/C14H24.C8H12.C6H12/c1-3-5-7-9-11-13-14-12-10-8-6-4-2;1-2-4-6-8-7-5-3-1;1-3-5-6-4-2/h5-8,13-14H,3-4,9-12H2,1-2H3;1-2,7-8H,3-6H2;5-6H,3-4H2,1-2H3/b7-5+,8-6+,14-13+;2-1-,8-7?;6-5-. The molecule has 160 valence electrons. The minimum Gasteiger partial charge on any atom is -0.0888 e. The molecule has 0 heterocycles. The van der Waals surface area contributed by atoms with Crippen LogP contribution in [-0.2, 0) is 0 Å². The normalized spacial score (nSPS) is 15.3. The van der Waals surface area contributed by atoms with Gasteiger partial charge in [-0.3, -0.25) is 0 Å². The van der Waals surface area contributed by atoms with Crippen LogP contribution in [0.15, 0.2) is 72.9 Å². The summed E-state index contributed by atoms with van der Waals surface area (Å²) in [6.45, 7) is 8.64. The minimum absolute atomic E-state index is 1.16. The van der Waals surface area contributed by atoms with E-state index in [-0.39, 0.29) is 0 Å². The number of hydrogen-bond acceptors (Lipinski definition) is 0. The van der Waals surface area contributed by atoms with E-state index in [0.717, 1.165) is 12.8 Å². The Morgan fingerprint density at radius 3 is 0.857 bits per heavy atom. The summed E-state index contributed by atoms with van der Waals surface area (Å²) in [5, 5.41) is 0. The second-order valence-corrected chi connectivity index (χ2v) is 6.77. The molecule has 0 unspecified atom stereocenters. The fraction of sp³-hybridized carbons (Fsp3) is 0.571. The number of hydrogen-bond donors (Lipinski definition) is 0. The van der Waals surface area contributed by atoms with Crippen molar-refractivity contribution in [3.63, 3.8) is 0 Å². The van der Waals surface area contributed by atoms with Gasteiger partial charge in [-0.05, 0) is 77.0 Å². The summed E-state index contributed by atoms with van der Waals surface area (Å²) in [4.78, 5) is 0. The molecule has 0 nitrogen and oxygen atoms in total. The van der Waals surface area contributed by atoms with Crippen molar-refractivity contribution in [2.45, 2.75) is 105 Å². The third-order valence-electron chi connectivity index (χ3n) is 3.94. The quantitative estimate of drug-likeness (QED) is 0.259. The monoisotopic (exact) mass is 384 g/mol. The van der Waals surface area contributed by atoms with Crippen LogP contribution in [0, 0.1) is 0 Å². The lowest BCUT2D eigenvalue weighted by molar-refractivity contribution is 0.962. The van der Waals surface area contributed by atoms with Gasteiger partial charge >= 0.3 is 0 Å². The molecule has 0 aromatic carbocycles. The summed E-state index contributed by atoms with van der Waals surface area (Å²) in [5.41, 5.74) is 0. The zero-order valence-corrected chi connectivity index (χ0v) is 19.4. The SMILES string of the molecule is C1=CCC/C=C\CC1.CC/C=C/CC/C=C/CC/C=C/CC.CC/C=C\CC. The second kappa shape index (κ2) is 30.2. The first-order chi connectivity index (χ1) is 13.8. The van der Waals surface area contributed by atoms with Crippen LogP contribution in [0.2, 0.25) is 0 Å². The summed E-state index contributed by atoms with van der Waals surface area (Å²) in [6.07, 6.45) is 41.4. The highest BCUT2D eigenvalue weighted by Crippen LogP contribution is 2.02. The molecule has 0 N–H and O–H groups in total. The summed E-state index contributed by atoms with van der Waals surface area (Å²) in [7, 11) is 0. The average Bonchev–Trinajstić information content (AvgIpc) is 2.68. The highest BCUT2D eigenvalue weighted by Gasteiger charge is 1.82. The lowest BCUT2D eigenvalue weighted by Crippen LogP contribution is -1.71. The van der Waals surface area contributed by atoms with Crippen LogP contribution in [-0.4, -0.2) is 0 Å². The minimum atomic E-state index is 1.16. The van der Waals surface area contributed by atoms with Crippen molar-refractivity contribution in [2.24, 2.45) is 0 Å². The van der Waals surface area contributed by atoms with Crippen LogP contribution < -0.4 is 0 Å². The molecule has 0 aliphatic heterocycles. The maximum Gasteiger partial charge on any atom is -0.0316 e. The maximum absolute atomic E-state index is 2.29. The van der Waals surface area contributed by atoms with Gasteiger partial charge in [0.2, 0.25) is 0 Å². The Labute approximate surface area is 177 Å². The molecular formula is C28H48. The first-order valence-corrected chi connectivity index (χ1v) is 11.7. The molecule has 0 fully saturated rings. The molecule has 0 radical (unpaired) electrons. The van der Waals surface area contributed by atoms with Crippen molar-refractivity contribution >= 4 is 0 Å². The van der Waals surface area contributed by atoms with Gasteiger partial charge in [-0.2, -0.15) is 0 Å². The van der Waals surface area contributed by atoms with Crippen LogP contribution in [0.3, 0.4) is 0 Å². The van der Waals surface area contributed by atoms with Gasteiger partial charge in [0, 0.05) is 0 Å². The zero-order chi connectivity index (χ0) is 21.0. The number of allylic oxidation sites excluding steroid dienone is 12. The van der Waals surface area contributed by atoms with Gasteiger partial charge in [-0.15, -0.1) is 0 Å². The smallest absolute Gasteiger partial charge is 0.0316 e. The molecule has 1 aliphatic carbocycles. The molecule has 0 amide bonds. The van der Waals surface area contributed by atoms with Crippen LogP contribution >= 0.6 is 0 Å². The molecule has 0 atom stereocenters. The summed E-state index contributed by atoms with van der Waals surface area (Å²) in [6, 6.07) is 0. The Morgan fingerprint density at radius 1 is 0.393 bits per heavy atom. The van der Waals surface area contributed by atoms with Gasteiger partial charge in [0.05, 0.1) is 0 Å². The first kappa shape index (κ1) is 28.6.